The molecule has 32 heavy (non-hydrogen) atoms. The Kier molecular flexibility index (Phi) is 7.46. The summed E-state index contributed by atoms with van der Waals surface area (Å²) >= 11 is 0. The molecule has 0 saturated heterocycles. The minimum Gasteiger partial charge on any atom is -0.494 e. The lowest BCUT2D eigenvalue weighted by atomic mass is 10.1. The second-order valence-corrected chi connectivity index (χ2v) is 9.88. The average Bonchev–Trinajstić information content (AvgIpc) is 2.79. The van der Waals surface area contributed by atoms with Crippen LogP contribution in [0, 0.1) is 11.8 Å². The molecule has 3 rings (SSSR count). The third kappa shape index (κ3) is 5.63. The van der Waals surface area contributed by atoms with Crippen LogP contribution in [0.25, 0.3) is 11.3 Å². The zero-order chi connectivity index (χ0) is 23.1. The van der Waals surface area contributed by atoms with Gasteiger partial charge in [0.1, 0.15) is 5.75 Å². The van der Waals surface area contributed by atoms with Crippen LogP contribution in [0.5, 0.6) is 5.75 Å². The highest BCUT2D eigenvalue weighted by molar-refractivity contribution is 7.92. The van der Waals surface area contributed by atoms with E-state index in [0.29, 0.717) is 24.5 Å². The monoisotopic (exact) mass is 450 g/mol. The van der Waals surface area contributed by atoms with Crippen LogP contribution in [0.15, 0.2) is 59.6 Å². The van der Waals surface area contributed by atoms with Gasteiger partial charge in [-0.2, -0.15) is 0 Å². The number of benzene rings is 2. The van der Waals surface area contributed by atoms with Crippen molar-refractivity contribution in [1.82, 2.24) is 9.97 Å². The summed E-state index contributed by atoms with van der Waals surface area (Å²) in [4.78, 5) is 8.98. The molecule has 2 aromatic carbocycles. The molecule has 1 heterocycles. The van der Waals surface area contributed by atoms with Gasteiger partial charge in [-0.3, -0.25) is 0 Å². The first kappa shape index (κ1) is 23.3. The number of hydrogen-bond donors (Lipinski definition) is 2. The van der Waals surface area contributed by atoms with E-state index in [1.165, 1.54) is 0 Å². The van der Waals surface area contributed by atoms with Crippen molar-refractivity contribution in [3.8, 4) is 28.8 Å². The molecule has 0 bridgehead atoms. The number of hydrogen-bond acceptors (Lipinski definition) is 7. The van der Waals surface area contributed by atoms with Gasteiger partial charge in [0.05, 0.1) is 28.6 Å². The Morgan fingerprint density at radius 1 is 1.09 bits per heavy atom. The van der Waals surface area contributed by atoms with Crippen LogP contribution in [0.2, 0.25) is 0 Å². The lowest BCUT2D eigenvalue weighted by molar-refractivity contribution is 0.313. The molecule has 0 spiro atoms. The number of anilines is 1. The van der Waals surface area contributed by atoms with Crippen LogP contribution in [0.4, 0.5) is 5.82 Å². The fourth-order valence-corrected chi connectivity index (χ4v) is 3.85. The van der Waals surface area contributed by atoms with Crippen molar-refractivity contribution in [2.24, 2.45) is 5.73 Å². The summed E-state index contributed by atoms with van der Waals surface area (Å²) in [5, 5.41) is -0.490. The zero-order valence-electron chi connectivity index (χ0n) is 18.1. The third-order valence-corrected chi connectivity index (χ3v) is 6.85. The minimum absolute atomic E-state index is 0.218. The fraction of sp³-hybridized carbons (Fsp3) is 0.250. The number of nitrogens with zero attached hydrogens (tertiary/aromatic N) is 2. The van der Waals surface area contributed by atoms with Crippen LogP contribution >= 0.6 is 0 Å². The van der Waals surface area contributed by atoms with E-state index in [9.17, 15) is 8.42 Å². The molecule has 0 radical (unpaired) electrons. The SMILES string of the molecule is CC(C)S(=O)(=O)c1ccc(-c2cnc(N)c(C#Cc3cccc(OCCCN)c3)n2)cc1. The van der Waals surface area contributed by atoms with E-state index in [1.54, 1.807) is 44.3 Å². The largest absolute Gasteiger partial charge is 0.494 e. The summed E-state index contributed by atoms with van der Waals surface area (Å²) in [5.41, 5.74) is 13.8. The number of aromatic nitrogens is 2. The van der Waals surface area contributed by atoms with Crippen molar-refractivity contribution >= 4 is 15.7 Å². The predicted octanol–water partition coefficient (Wildman–Crippen LogP) is 3.04. The van der Waals surface area contributed by atoms with Gasteiger partial charge in [0.15, 0.2) is 21.3 Å². The van der Waals surface area contributed by atoms with Gasteiger partial charge < -0.3 is 16.2 Å². The van der Waals surface area contributed by atoms with Crippen LogP contribution in [0.3, 0.4) is 0 Å². The van der Waals surface area contributed by atoms with E-state index in [-0.39, 0.29) is 10.7 Å². The van der Waals surface area contributed by atoms with Gasteiger partial charge in [0, 0.05) is 11.1 Å². The molecular formula is C24H26N4O3S. The van der Waals surface area contributed by atoms with Crippen molar-refractivity contribution in [2.45, 2.75) is 30.4 Å². The fourth-order valence-electron chi connectivity index (χ4n) is 2.79. The molecule has 0 aliphatic rings. The molecule has 0 aliphatic heterocycles. The first-order valence-corrected chi connectivity index (χ1v) is 11.8. The van der Waals surface area contributed by atoms with E-state index in [2.05, 4.69) is 21.8 Å². The van der Waals surface area contributed by atoms with Gasteiger partial charge in [0.2, 0.25) is 0 Å². The van der Waals surface area contributed by atoms with Crippen molar-refractivity contribution in [3.05, 3.63) is 66.0 Å². The normalized spacial score (nSPS) is 11.1. The quantitative estimate of drug-likeness (QED) is 0.419. The maximum Gasteiger partial charge on any atom is 0.180 e. The van der Waals surface area contributed by atoms with E-state index in [1.807, 2.05) is 24.3 Å². The standard InChI is InChI=1S/C24H26N4O3S/c1-17(2)32(29,30)21-10-8-19(9-11-21)23-16-27-24(26)22(28-23)12-7-18-5-3-6-20(15-18)31-14-4-13-25/h3,5-6,8-11,15-17H,4,13-14,25H2,1-2H3,(H2,26,27). The summed E-state index contributed by atoms with van der Waals surface area (Å²) in [6.07, 6.45) is 2.32. The molecule has 3 aromatic rings. The molecule has 0 amide bonds. The number of nitrogen functional groups attached to an aromatic ring is 1. The van der Waals surface area contributed by atoms with Gasteiger partial charge in [-0.15, -0.1) is 0 Å². The van der Waals surface area contributed by atoms with Gasteiger partial charge in [0.25, 0.3) is 0 Å². The molecular weight excluding hydrogens is 424 g/mol. The summed E-state index contributed by atoms with van der Waals surface area (Å²) in [6, 6.07) is 14.0. The van der Waals surface area contributed by atoms with E-state index in [0.717, 1.165) is 23.3 Å². The lowest BCUT2D eigenvalue weighted by Gasteiger charge is -2.09. The summed E-state index contributed by atoms with van der Waals surface area (Å²) < 4.78 is 30.3. The summed E-state index contributed by atoms with van der Waals surface area (Å²) in [5.74, 6) is 6.94. The average molecular weight is 451 g/mol. The van der Waals surface area contributed by atoms with Gasteiger partial charge in [-0.1, -0.05) is 24.1 Å². The summed E-state index contributed by atoms with van der Waals surface area (Å²) in [7, 11) is -3.34. The number of ether oxygens (including phenoxy) is 1. The highest BCUT2D eigenvalue weighted by Crippen LogP contribution is 2.22. The number of sulfone groups is 1. The number of nitrogens with two attached hydrogens (primary N) is 2. The Morgan fingerprint density at radius 3 is 2.53 bits per heavy atom. The Bertz CT molecular complexity index is 1240. The first-order chi connectivity index (χ1) is 15.3. The molecule has 0 fully saturated rings. The molecule has 7 nitrogen and oxygen atoms in total. The molecule has 0 saturated carbocycles. The van der Waals surface area contributed by atoms with Crippen molar-refractivity contribution in [1.29, 1.82) is 0 Å². The van der Waals surface area contributed by atoms with Crippen LogP contribution in [0.1, 0.15) is 31.5 Å². The maximum absolute atomic E-state index is 12.3. The zero-order valence-corrected chi connectivity index (χ0v) is 18.9. The topological polar surface area (TPSA) is 121 Å². The Labute approximate surface area is 188 Å². The molecule has 4 N–H and O–H groups in total. The Morgan fingerprint density at radius 2 is 1.84 bits per heavy atom. The predicted molar refractivity (Wildman–Crippen MR) is 126 cm³/mol. The molecule has 0 aliphatic carbocycles. The molecule has 8 heteroatoms. The molecule has 166 valence electrons. The first-order valence-electron chi connectivity index (χ1n) is 10.2. The highest BCUT2D eigenvalue weighted by atomic mass is 32.2. The molecule has 0 unspecified atom stereocenters. The van der Waals surface area contributed by atoms with Crippen LogP contribution < -0.4 is 16.2 Å². The van der Waals surface area contributed by atoms with Crippen molar-refractivity contribution in [2.75, 3.05) is 18.9 Å². The number of rotatable bonds is 7. The van der Waals surface area contributed by atoms with E-state index < -0.39 is 15.1 Å². The van der Waals surface area contributed by atoms with E-state index in [4.69, 9.17) is 16.2 Å². The minimum atomic E-state index is -3.34. The Hall–Kier alpha value is -3.41. The second-order valence-electron chi connectivity index (χ2n) is 7.38. The summed E-state index contributed by atoms with van der Waals surface area (Å²) in [6.45, 7) is 4.43. The maximum atomic E-state index is 12.3. The smallest absolute Gasteiger partial charge is 0.180 e. The van der Waals surface area contributed by atoms with Crippen molar-refractivity contribution < 1.29 is 13.2 Å². The second kappa shape index (κ2) is 10.3. The van der Waals surface area contributed by atoms with E-state index >= 15 is 0 Å². The third-order valence-electron chi connectivity index (χ3n) is 4.68. The molecule has 0 atom stereocenters. The van der Waals surface area contributed by atoms with Crippen LogP contribution in [-0.4, -0.2) is 36.8 Å². The molecule has 1 aromatic heterocycles. The highest BCUT2D eigenvalue weighted by Gasteiger charge is 2.19. The van der Waals surface area contributed by atoms with Gasteiger partial charge in [-0.25, -0.2) is 18.4 Å². The van der Waals surface area contributed by atoms with Gasteiger partial charge >= 0.3 is 0 Å². The lowest BCUT2D eigenvalue weighted by Crippen LogP contribution is -2.13. The van der Waals surface area contributed by atoms with Gasteiger partial charge in [-0.05, 0) is 63.1 Å². The van der Waals surface area contributed by atoms with Crippen LogP contribution in [-0.2, 0) is 9.84 Å². The Balaban J connectivity index is 1.84. The van der Waals surface area contributed by atoms with Crippen molar-refractivity contribution in [3.63, 3.8) is 0 Å².